The van der Waals surface area contributed by atoms with Crippen LogP contribution in [0.2, 0.25) is 0 Å². The van der Waals surface area contributed by atoms with Crippen LogP contribution in [0, 0.1) is 0 Å². The second-order valence-electron chi connectivity index (χ2n) is 4.98. The van der Waals surface area contributed by atoms with E-state index in [-0.39, 0.29) is 17.8 Å². The highest BCUT2D eigenvalue weighted by Gasteiger charge is 2.33. The van der Waals surface area contributed by atoms with Crippen molar-refractivity contribution in [1.29, 1.82) is 0 Å². The monoisotopic (exact) mass is 262 g/mol. The Morgan fingerprint density at radius 3 is 2.35 bits per heavy atom. The van der Waals surface area contributed by atoms with Gasteiger partial charge in [0.1, 0.15) is 0 Å². The molecule has 1 heterocycles. The van der Waals surface area contributed by atoms with Gasteiger partial charge in [-0.25, -0.2) is 8.42 Å². The molecule has 1 fully saturated rings. The van der Waals surface area contributed by atoms with Crippen LogP contribution in [0.1, 0.15) is 46.5 Å². The fourth-order valence-corrected chi connectivity index (χ4v) is 4.64. The third-order valence-corrected chi connectivity index (χ3v) is 5.61. The normalized spacial score (nSPS) is 27.2. The molecule has 0 radical (unpaired) electrons. The molecule has 0 aliphatic carbocycles. The molecule has 1 aliphatic rings. The molecule has 17 heavy (non-hydrogen) atoms. The summed E-state index contributed by atoms with van der Waals surface area (Å²) in [6.45, 7) is 7.77. The lowest BCUT2D eigenvalue weighted by atomic mass is 10.0. The Balaban J connectivity index is 2.55. The van der Waals surface area contributed by atoms with Crippen LogP contribution in [0.4, 0.5) is 0 Å². The zero-order valence-corrected chi connectivity index (χ0v) is 12.1. The number of nitrogens with zero attached hydrogens (tertiary/aromatic N) is 1. The molecule has 2 atom stereocenters. The van der Waals surface area contributed by atoms with E-state index in [9.17, 15) is 8.42 Å². The van der Waals surface area contributed by atoms with Crippen LogP contribution in [0.5, 0.6) is 0 Å². The smallest absolute Gasteiger partial charge is 0.214 e. The first-order chi connectivity index (χ1) is 7.99. The van der Waals surface area contributed by atoms with E-state index in [4.69, 9.17) is 0 Å². The molecule has 1 aliphatic heterocycles. The summed E-state index contributed by atoms with van der Waals surface area (Å²) in [6, 6.07) is 0.339. The van der Waals surface area contributed by atoms with Crippen LogP contribution >= 0.6 is 0 Å². The third-order valence-electron chi connectivity index (χ3n) is 3.44. The Labute approximate surface area is 106 Å². The molecular formula is C12H26N2O2S. The van der Waals surface area contributed by atoms with E-state index in [1.807, 2.05) is 20.8 Å². The number of hydrogen-bond donors (Lipinski definition) is 1. The summed E-state index contributed by atoms with van der Waals surface area (Å²) in [5.74, 6) is 0.272. The van der Waals surface area contributed by atoms with Gasteiger partial charge in [-0.1, -0.05) is 13.3 Å². The summed E-state index contributed by atoms with van der Waals surface area (Å²) in [4.78, 5) is 0. The molecule has 0 aromatic carbocycles. The lowest BCUT2D eigenvalue weighted by Gasteiger charge is -2.37. The van der Waals surface area contributed by atoms with E-state index in [2.05, 4.69) is 5.32 Å². The van der Waals surface area contributed by atoms with Crippen molar-refractivity contribution in [3.63, 3.8) is 0 Å². The van der Waals surface area contributed by atoms with Gasteiger partial charge in [0.05, 0.1) is 5.75 Å². The van der Waals surface area contributed by atoms with Crippen molar-refractivity contribution in [3.05, 3.63) is 0 Å². The second-order valence-corrected chi connectivity index (χ2v) is 6.98. The van der Waals surface area contributed by atoms with Gasteiger partial charge in [-0.05, 0) is 46.2 Å². The Hall–Kier alpha value is -0.130. The first-order valence-corrected chi connectivity index (χ1v) is 8.32. The van der Waals surface area contributed by atoms with Crippen LogP contribution in [0.15, 0.2) is 0 Å². The number of piperidine rings is 1. The van der Waals surface area contributed by atoms with E-state index in [1.165, 1.54) is 0 Å². The molecule has 0 amide bonds. The van der Waals surface area contributed by atoms with Gasteiger partial charge in [0, 0.05) is 12.1 Å². The Morgan fingerprint density at radius 1 is 1.24 bits per heavy atom. The first-order valence-electron chi connectivity index (χ1n) is 6.71. The van der Waals surface area contributed by atoms with E-state index >= 15 is 0 Å². The zero-order valence-electron chi connectivity index (χ0n) is 11.3. The van der Waals surface area contributed by atoms with Crippen LogP contribution < -0.4 is 5.32 Å². The van der Waals surface area contributed by atoms with E-state index in [1.54, 1.807) is 4.31 Å². The van der Waals surface area contributed by atoms with Crippen LogP contribution in [0.3, 0.4) is 0 Å². The van der Waals surface area contributed by atoms with Gasteiger partial charge in [0.25, 0.3) is 0 Å². The van der Waals surface area contributed by atoms with E-state index in [0.29, 0.717) is 6.42 Å². The summed E-state index contributed by atoms with van der Waals surface area (Å²) in [5, 5.41) is 3.16. The topological polar surface area (TPSA) is 49.4 Å². The summed E-state index contributed by atoms with van der Waals surface area (Å²) in [6.07, 6.45) is 3.84. The minimum Gasteiger partial charge on any atom is -0.317 e. The number of hydrogen-bond acceptors (Lipinski definition) is 3. The van der Waals surface area contributed by atoms with Gasteiger partial charge in [-0.15, -0.1) is 0 Å². The molecule has 102 valence electrons. The molecule has 0 aromatic rings. The molecule has 1 rings (SSSR count). The van der Waals surface area contributed by atoms with Crippen LogP contribution in [-0.4, -0.2) is 43.6 Å². The van der Waals surface area contributed by atoms with Crippen molar-refractivity contribution >= 4 is 10.0 Å². The molecule has 1 N–H and O–H groups in total. The van der Waals surface area contributed by atoms with Crippen molar-refractivity contribution in [2.75, 3.05) is 18.8 Å². The summed E-state index contributed by atoms with van der Waals surface area (Å²) < 4.78 is 26.3. The van der Waals surface area contributed by atoms with Crippen molar-refractivity contribution < 1.29 is 8.42 Å². The molecule has 0 saturated carbocycles. The van der Waals surface area contributed by atoms with Crippen LogP contribution in [0.25, 0.3) is 0 Å². The van der Waals surface area contributed by atoms with Crippen molar-refractivity contribution in [1.82, 2.24) is 9.62 Å². The van der Waals surface area contributed by atoms with E-state index < -0.39 is 10.0 Å². The quantitative estimate of drug-likeness (QED) is 0.739. The number of sulfonamides is 1. The fourth-order valence-electron chi connectivity index (χ4n) is 2.61. The molecule has 1 saturated heterocycles. The van der Waals surface area contributed by atoms with Gasteiger partial charge in [-0.2, -0.15) is 4.31 Å². The van der Waals surface area contributed by atoms with Crippen LogP contribution in [-0.2, 0) is 10.0 Å². The lowest BCUT2D eigenvalue weighted by Crippen LogP contribution is -2.48. The van der Waals surface area contributed by atoms with Gasteiger partial charge in [0.2, 0.25) is 10.0 Å². The minimum absolute atomic E-state index is 0.169. The predicted molar refractivity (Wildman–Crippen MR) is 71.6 cm³/mol. The molecule has 0 aromatic heterocycles. The maximum absolute atomic E-state index is 12.3. The molecular weight excluding hydrogens is 236 g/mol. The Bertz CT molecular complexity index is 306. The fraction of sp³-hybridized carbons (Fsp3) is 1.00. The average Bonchev–Trinajstić information content (AvgIpc) is 2.24. The third kappa shape index (κ3) is 4.23. The summed E-state index contributed by atoms with van der Waals surface area (Å²) in [5.41, 5.74) is 0. The lowest BCUT2D eigenvalue weighted by molar-refractivity contribution is 0.204. The van der Waals surface area contributed by atoms with Crippen molar-refractivity contribution in [3.8, 4) is 0 Å². The molecule has 0 bridgehead atoms. The zero-order chi connectivity index (χ0) is 12.9. The van der Waals surface area contributed by atoms with Gasteiger partial charge in [-0.3, -0.25) is 0 Å². The largest absolute Gasteiger partial charge is 0.317 e. The van der Waals surface area contributed by atoms with Crippen molar-refractivity contribution in [2.45, 2.75) is 58.5 Å². The predicted octanol–water partition coefficient (Wildman–Crippen LogP) is 1.58. The number of nitrogens with one attached hydrogen (secondary N) is 1. The Kier molecular flexibility index (Phi) is 5.89. The van der Waals surface area contributed by atoms with E-state index in [0.717, 1.165) is 32.4 Å². The second kappa shape index (κ2) is 6.71. The average molecular weight is 262 g/mol. The minimum atomic E-state index is -3.07. The Morgan fingerprint density at radius 2 is 1.82 bits per heavy atom. The molecule has 4 nitrogen and oxygen atoms in total. The highest BCUT2D eigenvalue weighted by Crippen LogP contribution is 2.25. The molecule has 5 heteroatoms. The first kappa shape index (κ1) is 14.9. The highest BCUT2D eigenvalue weighted by molar-refractivity contribution is 7.89. The molecule has 0 spiro atoms. The summed E-state index contributed by atoms with van der Waals surface area (Å²) >= 11 is 0. The van der Waals surface area contributed by atoms with Gasteiger partial charge in [0.15, 0.2) is 0 Å². The number of rotatable bonds is 6. The summed E-state index contributed by atoms with van der Waals surface area (Å²) in [7, 11) is -3.07. The van der Waals surface area contributed by atoms with Gasteiger partial charge >= 0.3 is 0 Å². The maximum Gasteiger partial charge on any atom is 0.214 e. The highest BCUT2D eigenvalue weighted by atomic mass is 32.2. The van der Waals surface area contributed by atoms with Gasteiger partial charge < -0.3 is 5.32 Å². The maximum atomic E-state index is 12.3. The SMILES string of the molecule is CCNCCCS(=O)(=O)N1[C@H](C)CCC[C@@H]1C. The molecule has 0 unspecified atom stereocenters. The van der Waals surface area contributed by atoms with Crippen molar-refractivity contribution in [2.24, 2.45) is 0 Å². The standard InChI is InChI=1S/C12H26N2O2S/c1-4-13-9-6-10-17(15,16)14-11(2)7-5-8-12(14)3/h11-13H,4-10H2,1-3H3/t11-,12+.